The minimum atomic E-state index is 0.102. The van der Waals surface area contributed by atoms with Gasteiger partial charge in [-0.15, -0.1) is 0 Å². The predicted molar refractivity (Wildman–Crippen MR) is 74.1 cm³/mol. The Morgan fingerprint density at radius 2 is 2.16 bits per heavy atom. The molecular formula is C14H18N4O. The smallest absolute Gasteiger partial charge is 0.218 e. The zero-order valence-electron chi connectivity index (χ0n) is 11.4. The summed E-state index contributed by atoms with van der Waals surface area (Å²) in [6.45, 7) is 6.68. The Balaban J connectivity index is 2.02. The lowest BCUT2D eigenvalue weighted by molar-refractivity contribution is 0.232. The van der Waals surface area contributed by atoms with E-state index < -0.39 is 0 Å². The van der Waals surface area contributed by atoms with Crippen LogP contribution >= 0.6 is 0 Å². The van der Waals surface area contributed by atoms with E-state index >= 15 is 0 Å². The summed E-state index contributed by atoms with van der Waals surface area (Å²) >= 11 is 0. The Bertz CT molecular complexity index is 542. The number of aryl methyl sites for hydroxylation is 1. The van der Waals surface area contributed by atoms with Gasteiger partial charge in [0, 0.05) is 25.0 Å². The first kappa shape index (κ1) is 13.3. The summed E-state index contributed by atoms with van der Waals surface area (Å²) in [4.78, 5) is 12.3. The van der Waals surface area contributed by atoms with Gasteiger partial charge in [-0.2, -0.15) is 0 Å². The lowest BCUT2D eigenvalue weighted by Gasteiger charge is -2.11. The first-order valence-corrected chi connectivity index (χ1v) is 6.27. The molecule has 0 saturated heterocycles. The molecule has 0 aliphatic rings. The van der Waals surface area contributed by atoms with Gasteiger partial charge in [0.15, 0.2) is 0 Å². The van der Waals surface area contributed by atoms with E-state index in [9.17, 15) is 0 Å². The largest absolute Gasteiger partial charge is 0.475 e. The molecule has 0 aromatic carbocycles. The van der Waals surface area contributed by atoms with Gasteiger partial charge in [-0.3, -0.25) is 4.98 Å². The van der Waals surface area contributed by atoms with E-state index in [-0.39, 0.29) is 6.10 Å². The van der Waals surface area contributed by atoms with Crippen LogP contribution in [0.2, 0.25) is 0 Å². The van der Waals surface area contributed by atoms with Crippen molar-refractivity contribution in [3.8, 4) is 5.88 Å². The molecule has 0 amide bonds. The van der Waals surface area contributed by atoms with E-state index in [1.54, 1.807) is 12.3 Å². The minimum Gasteiger partial charge on any atom is -0.475 e. The summed E-state index contributed by atoms with van der Waals surface area (Å²) < 4.78 is 5.53. The summed E-state index contributed by atoms with van der Waals surface area (Å²) in [6.07, 6.45) is 5.24. The van der Waals surface area contributed by atoms with Crippen LogP contribution in [-0.2, 0) is 6.54 Å². The van der Waals surface area contributed by atoms with Gasteiger partial charge in [0.25, 0.3) is 0 Å². The second kappa shape index (κ2) is 6.13. The van der Waals surface area contributed by atoms with Gasteiger partial charge in [0.05, 0.1) is 6.10 Å². The maximum atomic E-state index is 5.53. The normalized spacial score (nSPS) is 10.5. The fraction of sp³-hybridized carbons (Fsp3) is 0.357. The summed E-state index contributed by atoms with van der Waals surface area (Å²) in [7, 11) is 0. The molecule has 2 aromatic heterocycles. The van der Waals surface area contributed by atoms with Gasteiger partial charge in [-0.05, 0) is 38.0 Å². The van der Waals surface area contributed by atoms with Gasteiger partial charge in [-0.25, -0.2) is 9.97 Å². The molecule has 19 heavy (non-hydrogen) atoms. The standard InChI is InChI=1S/C14H18N4O/c1-10(2)19-14-6-13(17-9-18-14)16-8-12-4-5-15-7-11(12)3/h4-7,9-10H,8H2,1-3H3,(H,16,17,18). The number of aromatic nitrogens is 3. The third-order valence-corrected chi connectivity index (χ3v) is 2.59. The molecule has 0 fully saturated rings. The molecule has 0 aliphatic heterocycles. The van der Waals surface area contributed by atoms with Crippen LogP contribution in [0.1, 0.15) is 25.0 Å². The maximum Gasteiger partial charge on any atom is 0.218 e. The monoisotopic (exact) mass is 258 g/mol. The van der Waals surface area contributed by atoms with Crippen LogP contribution in [0.25, 0.3) is 0 Å². The third kappa shape index (κ3) is 3.91. The van der Waals surface area contributed by atoms with E-state index in [0.717, 1.165) is 11.4 Å². The van der Waals surface area contributed by atoms with Crippen molar-refractivity contribution in [2.24, 2.45) is 0 Å². The highest BCUT2D eigenvalue weighted by Gasteiger charge is 2.03. The van der Waals surface area contributed by atoms with E-state index in [2.05, 4.69) is 20.3 Å². The van der Waals surface area contributed by atoms with Crippen molar-refractivity contribution in [3.05, 3.63) is 42.0 Å². The number of hydrogen-bond donors (Lipinski definition) is 1. The highest BCUT2D eigenvalue weighted by atomic mass is 16.5. The van der Waals surface area contributed by atoms with Crippen molar-refractivity contribution in [3.63, 3.8) is 0 Å². The van der Waals surface area contributed by atoms with Crippen LogP contribution in [0.3, 0.4) is 0 Å². The summed E-state index contributed by atoms with van der Waals surface area (Å²) in [5.41, 5.74) is 2.35. The van der Waals surface area contributed by atoms with Gasteiger partial charge >= 0.3 is 0 Å². The summed E-state index contributed by atoms with van der Waals surface area (Å²) in [5, 5.41) is 3.26. The summed E-state index contributed by atoms with van der Waals surface area (Å²) in [5.74, 6) is 1.33. The van der Waals surface area contributed by atoms with Gasteiger partial charge < -0.3 is 10.1 Å². The van der Waals surface area contributed by atoms with E-state index in [1.807, 2.05) is 33.0 Å². The molecule has 2 aromatic rings. The van der Waals surface area contributed by atoms with Crippen LogP contribution in [0.4, 0.5) is 5.82 Å². The molecule has 0 saturated carbocycles. The zero-order valence-corrected chi connectivity index (χ0v) is 11.4. The van der Waals surface area contributed by atoms with Crippen LogP contribution in [-0.4, -0.2) is 21.1 Å². The first-order chi connectivity index (χ1) is 9.15. The highest BCUT2D eigenvalue weighted by Crippen LogP contribution is 2.14. The Hall–Kier alpha value is -2.17. The number of rotatable bonds is 5. The first-order valence-electron chi connectivity index (χ1n) is 6.27. The lowest BCUT2D eigenvalue weighted by Crippen LogP contribution is -2.08. The quantitative estimate of drug-likeness (QED) is 0.893. The molecule has 2 heterocycles. The van der Waals surface area contributed by atoms with Crippen LogP contribution in [0.15, 0.2) is 30.9 Å². The molecule has 100 valence electrons. The number of nitrogens with zero attached hydrogens (tertiary/aromatic N) is 3. The van der Waals surface area contributed by atoms with Crippen molar-refractivity contribution in [2.45, 2.75) is 33.4 Å². The van der Waals surface area contributed by atoms with Crippen molar-refractivity contribution < 1.29 is 4.74 Å². The SMILES string of the molecule is Cc1cnccc1CNc1cc(OC(C)C)ncn1. The average Bonchev–Trinajstić information content (AvgIpc) is 2.37. The molecule has 0 atom stereocenters. The van der Waals surface area contributed by atoms with E-state index in [4.69, 9.17) is 4.74 Å². The molecule has 2 rings (SSSR count). The number of hydrogen-bond acceptors (Lipinski definition) is 5. The van der Waals surface area contributed by atoms with E-state index in [0.29, 0.717) is 12.4 Å². The number of pyridine rings is 1. The number of anilines is 1. The Labute approximate surface area is 113 Å². The minimum absolute atomic E-state index is 0.102. The molecule has 0 bridgehead atoms. The summed E-state index contributed by atoms with van der Waals surface area (Å²) in [6, 6.07) is 3.80. The zero-order chi connectivity index (χ0) is 13.7. The maximum absolute atomic E-state index is 5.53. The fourth-order valence-corrected chi connectivity index (χ4v) is 1.63. The Kier molecular flexibility index (Phi) is 4.28. The second-order valence-corrected chi connectivity index (χ2v) is 4.56. The molecule has 5 heteroatoms. The fourth-order valence-electron chi connectivity index (χ4n) is 1.63. The third-order valence-electron chi connectivity index (χ3n) is 2.59. The van der Waals surface area contributed by atoms with Gasteiger partial charge in [0.2, 0.25) is 5.88 Å². The van der Waals surface area contributed by atoms with Crippen LogP contribution in [0, 0.1) is 6.92 Å². The Morgan fingerprint density at radius 1 is 1.32 bits per heavy atom. The predicted octanol–water partition coefficient (Wildman–Crippen LogP) is 2.58. The van der Waals surface area contributed by atoms with E-state index in [1.165, 1.54) is 11.9 Å². The molecular weight excluding hydrogens is 240 g/mol. The topological polar surface area (TPSA) is 59.9 Å². The molecule has 1 N–H and O–H groups in total. The van der Waals surface area contributed by atoms with Crippen molar-refractivity contribution >= 4 is 5.82 Å². The molecule has 0 unspecified atom stereocenters. The van der Waals surface area contributed by atoms with Gasteiger partial charge in [-0.1, -0.05) is 0 Å². The molecule has 0 aliphatic carbocycles. The second-order valence-electron chi connectivity index (χ2n) is 4.56. The van der Waals surface area contributed by atoms with Crippen LogP contribution in [0.5, 0.6) is 5.88 Å². The van der Waals surface area contributed by atoms with Crippen molar-refractivity contribution in [1.29, 1.82) is 0 Å². The highest BCUT2D eigenvalue weighted by molar-refractivity contribution is 5.38. The molecule has 0 radical (unpaired) electrons. The van der Waals surface area contributed by atoms with Gasteiger partial charge in [0.1, 0.15) is 12.1 Å². The lowest BCUT2D eigenvalue weighted by atomic mass is 10.1. The average molecular weight is 258 g/mol. The molecule has 5 nitrogen and oxygen atoms in total. The van der Waals surface area contributed by atoms with Crippen molar-refractivity contribution in [1.82, 2.24) is 15.0 Å². The molecule has 0 spiro atoms. The van der Waals surface area contributed by atoms with Crippen LogP contribution < -0.4 is 10.1 Å². The Morgan fingerprint density at radius 3 is 2.89 bits per heavy atom. The van der Waals surface area contributed by atoms with Crippen molar-refractivity contribution in [2.75, 3.05) is 5.32 Å². The number of nitrogens with one attached hydrogen (secondary N) is 1. The number of ether oxygens (including phenoxy) is 1.